The van der Waals surface area contributed by atoms with Crippen molar-refractivity contribution < 1.29 is 16.8 Å². The highest BCUT2D eigenvalue weighted by molar-refractivity contribution is 7.95. The maximum absolute atomic E-state index is 11.9. The summed E-state index contributed by atoms with van der Waals surface area (Å²) in [6.45, 7) is 1.53. The minimum absolute atomic E-state index is 0.0197. The predicted octanol–water partition coefficient (Wildman–Crippen LogP) is 0.832. The second kappa shape index (κ2) is 4.10. The number of anilines is 1. The summed E-state index contributed by atoms with van der Waals surface area (Å²) in [5.74, 6) is -0.304. The fraction of sp³-hybridized carbons (Fsp3) is 0.273. The van der Waals surface area contributed by atoms with Crippen LogP contribution >= 0.6 is 0 Å². The van der Waals surface area contributed by atoms with E-state index in [2.05, 4.69) is 0 Å². The van der Waals surface area contributed by atoms with Crippen LogP contribution in [0.5, 0.6) is 0 Å². The first kappa shape index (κ1) is 13.1. The molecule has 2 rings (SSSR count). The van der Waals surface area contributed by atoms with Crippen molar-refractivity contribution in [1.29, 1.82) is 0 Å². The monoisotopic (exact) mass is 287 g/mol. The van der Waals surface area contributed by atoms with E-state index in [9.17, 15) is 16.8 Å². The van der Waals surface area contributed by atoms with Gasteiger partial charge in [0, 0.05) is 16.7 Å². The quantitative estimate of drug-likeness (QED) is 0.831. The number of nitrogen functional groups attached to an aromatic ring is 1. The smallest absolute Gasteiger partial charge is 0.202 e. The van der Waals surface area contributed by atoms with Crippen molar-refractivity contribution >= 4 is 30.9 Å². The molecule has 1 aliphatic rings. The highest BCUT2D eigenvalue weighted by Gasteiger charge is 2.30. The van der Waals surface area contributed by atoms with Crippen LogP contribution in [0, 0.1) is 0 Å². The number of benzene rings is 1. The molecule has 98 valence electrons. The van der Waals surface area contributed by atoms with Crippen LogP contribution in [-0.2, 0) is 19.7 Å². The highest BCUT2D eigenvalue weighted by atomic mass is 32.2. The molecule has 0 bridgehead atoms. The summed E-state index contributed by atoms with van der Waals surface area (Å²) < 4.78 is 47.0. The summed E-state index contributed by atoms with van der Waals surface area (Å²) in [5, 5.41) is 1.00. The van der Waals surface area contributed by atoms with Crippen molar-refractivity contribution in [3.63, 3.8) is 0 Å². The molecule has 1 aromatic carbocycles. The summed E-state index contributed by atoms with van der Waals surface area (Å²) in [7, 11) is -6.90. The van der Waals surface area contributed by atoms with E-state index in [1.807, 2.05) is 0 Å². The van der Waals surface area contributed by atoms with Gasteiger partial charge in [-0.1, -0.05) is 19.1 Å². The van der Waals surface area contributed by atoms with Crippen molar-refractivity contribution in [3.8, 4) is 0 Å². The lowest BCUT2D eigenvalue weighted by atomic mass is 10.1. The first-order valence-electron chi connectivity index (χ1n) is 5.32. The molecule has 0 fully saturated rings. The normalized spacial score (nSPS) is 17.3. The van der Waals surface area contributed by atoms with E-state index in [-0.39, 0.29) is 22.1 Å². The lowest BCUT2D eigenvalue weighted by Crippen LogP contribution is -2.09. The number of hydrogen-bond donors (Lipinski definition) is 1. The fourth-order valence-corrected chi connectivity index (χ4v) is 4.51. The Kier molecular flexibility index (Phi) is 2.98. The molecule has 0 aliphatic carbocycles. The number of nitrogens with two attached hydrogens (primary N) is 1. The van der Waals surface area contributed by atoms with Crippen LogP contribution in [0.25, 0.3) is 5.57 Å². The van der Waals surface area contributed by atoms with Gasteiger partial charge in [0.05, 0.1) is 11.4 Å². The second-order valence-electron chi connectivity index (χ2n) is 4.09. The molecule has 0 saturated carbocycles. The third-order valence-electron chi connectivity index (χ3n) is 2.79. The van der Waals surface area contributed by atoms with E-state index in [0.29, 0.717) is 11.1 Å². The van der Waals surface area contributed by atoms with Gasteiger partial charge in [0.25, 0.3) is 0 Å². The third kappa shape index (κ3) is 2.15. The van der Waals surface area contributed by atoms with Crippen LogP contribution < -0.4 is 5.73 Å². The Morgan fingerprint density at radius 1 is 1.28 bits per heavy atom. The zero-order chi connectivity index (χ0) is 13.6. The third-order valence-corrected chi connectivity index (χ3v) is 6.04. The Balaban J connectivity index is 2.60. The first-order valence-corrected chi connectivity index (χ1v) is 8.68. The standard InChI is InChI=1S/C11H13NO4S2/c1-2-17(13,14)6-8-7-18(15,16)11-9(8)4-3-5-10(11)12/h3-5,7H,2,6,12H2,1H3. The van der Waals surface area contributed by atoms with Gasteiger partial charge in [-0.05, 0) is 11.6 Å². The van der Waals surface area contributed by atoms with Gasteiger partial charge in [-0.2, -0.15) is 0 Å². The molecule has 1 aromatic rings. The van der Waals surface area contributed by atoms with Gasteiger partial charge in [-0.25, -0.2) is 16.8 Å². The SMILES string of the molecule is CCS(=O)(=O)CC1=CS(=O)(=O)c2c(N)cccc21. The molecule has 7 heteroatoms. The summed E-state index contributed by atoms with van der Waals surface area (Å²) >= 11 is 0. The molecule has 2 N–H and O–H groups in total. The molecule has 0 saturated heterocycles. The Morgan fingerprint density at radius 3 is 2.56 bits per heavy atom. The van der Waals surface area contributed by atoms with Gasteiger partial charge in [-0.15, -0.1) is 0 Å². The Labute approximate surface area is 106 Å². The van der Waals surface area contributed by atoms with Crippen LogP contribution in [0.2, 0.25) is 0 Å². The van der Waals surface area contributed by atoms with Crippen molar-refractivity contribution in [2.75, 3.05) is 17.2 Å². The maximum atomic E-state index is 11.9. The summed E-state index contributed by atoms with van der Waals surface area (Å²) in [6, 6.07) is 4.68. The molecule has 18 heavy (non-hydrogen) atoms. The molecular weight excluding hydrogens is 274 g/mol. The average molecular weight is 287 g/mol. The average Bonchev–Trinajstić information content (AvgIpc) is 2.51. The zero-order valence-corrected chi connectivity index (χ0v) is 11.4. The molecule has 5 nitrogen and oxygen atoms in total. The van der Waals surface area contributed by atoms with Gasteiger partial charge >= 0.3 is 0 Å². The predicted molar refractivity (Wildman–Crippen MR) is 70.3 cm³/mol. The molecule has 1 heterocycles. The van der Waals surface area contributed by atoms with Crippen molar-refractivity contribution in [2.24, 2.45) is 0 Å². The molecule has 0 amide bonds. The highest BCUT2D eigenvalue weighted by Crippen LogP contribution is 2.37. The molecular formula is C11H13NO4S2. The van der Waals surface area contributed by atoms with E-state index >= 15 is 0 Å². The van der Waals surface area contributed by atoms with Gasteiger partial charge in [0.1, 0.15) is 4.90 Å². The number of hydrogen-bond acceptors (Lipinski definition) is 5. The van der Waals surface area contributed by atoms with Gasteiger partial charge < -0.3 is 5.73 Å². The Hall–Kier alpha value is -1.34. The number of fused-ring (bicyclic) bond motifs is 1. The topological polar surface area (TPSA) is 94.3 Å². The van der Waals surface area contributed by atoms with Crippen molar-refractivity contribution in [1.82, 2.24) is 0 Å². The lowest BCUT2D eigenvalue weighted by molar-refractivity contribution is 0.600. The van der Waals surface area contributed by atoms with Crippen LogP contribution in [0.15, 0.2) is 28.5 Å². The first-order chi connectivity index (χ1) is 8.27. The fourth-order valence-electron chi connectivity index (χ4n) is 1.89. The maximum Gasteiger partial charge on any atom is 0.202 e. The van der Waals surface area contributed by atoms with E-state index in [1.165, 1.54) is 13.0 Å². The van der Waals surface area contributed by atoms with Gasteiger partial charge in [-0.3, -0.25) is 0 Å². The molecule has 1 aliphatic heterocycles. The summed E-state index contributed by atoms with van der Waals surface area (Å²) in [5.41, 5.74) is 6.48. The largest absolute Gasteiger partial charge is 0.398 e. The van der Waals surface area contributed by atoms with Gasteiger partial charge in [0.2, 0.25) is 9.84 Å². The molecule has 0 aromatic heterocycles. The summed E-state index contributed by atoms with van der Waals surface area (Å²) in [6.07, 6.45) is 0. The van der Waals surface area contributed by atoms with Crippen LogP contribution in [0.4, 0.5) is 5.69 Å². The molecule has 0 unspecified atom stereocenters. The summed E-state index contributed by atoms with van der Waals surface area (Å²) in [4.78, 5) is 0.0197. The Morgan fingerprint density at radius 2 is 1.94 bits per heavy atom. The van der Waals surface area contributed by atoms with E-state index < -0.39 is 19.7 Å². The van der Waals surface area contributed by atoms with Gasteiger partial charge in [0.15, 0.2) is 9.84 Å². The Bertz CT molecular complexity index is 730. The minimum Gasteiger partial charge on any atom is -0.398 e. The number of rotatable bonds is 3. The second-order valence-corrected chi connectivity index (χ2v) is 8.18. The minimum atomic E-state index is -3.62. The van der Waals surface area contributed by atoms with E-state index in [4.69, 9.17) is 5.73 Å². The lowest BCUT2D eigenvalue weighted by Gasteiger charge is -2.06. The molecule has 0 spiro atoms. The molecule has 0 atom stereocenters. The zero-order valence-electron chi connectivity index (χ0n) is 9.75. The van der Waals surface area contributed by atoms with E-state index in [1.54, 1.807) is 12.1 Å². The van der Waals surface area contributed by atoms with Crippen molar-refractivity contribution in [2.45, 2.75) is 11.8 Å². The van der Waals surface area contributed by atoms with E-state index in [0.717, 1.165) is 5.41 Å². The number of sulfone groups is 2. The van der Waals surface area contributed by atoms with Crippen LogP contribution in [0.3, 0.4) is 0 Å². The van der Waals surface area contributed by atoms with Crippen molar-refractivity contribution in [3.05, 3.63) is 29.2 Å². The van der Waals surface area contributed by atoms with Crippen LogP contribution in [0.1, 0.15) is 12.5 Å². The van der Waals surface area contributed by atoms with Crippen LogP contribution in [-0.4, -0.2) is 28.3 Å². The molecule has 0 radical (unpaired) electrons.